The van der Waals surface area contributed by atoms with Crippen LogP contribution in [0.2, 0.25) is 0 Å². The molecule has 1 saturated carbocycles. The molecular weight excluding hydrogens is 400 g/mol. The van der Waals surface area contributed by atoms with Gasteiger partial charge in [-0.3, -0.25) is 29.8 Å². The van der Waals surface area contributed by atoms with Crippen molar-refractivity contribution in [2.45, 2.75) is 79.1 Å². The summed E-state index contributed by atoms with van der Waals surface area (Å²) in [6.45, 7) is 12.2. The highest BCUT2D eigenvalue weighted by molar-refractivity contribution is 6.07. The number of benzene rings is 1. The Labute approximate surface area is 182 Å². The highest BCUT2D eigenvalue weighted by atomic mass is 16.6. The van der Waals surface area contributed by atoms with Crippen LogP contribution in [0.3, 0.4) is 0 Å². The van der Waals surface area contributed by atoms with Gasteiger partial charge >= 0.3 is 0 Å². The van der Waals surface area contributed by atoms with E-state index in [0.717, 1.165) is 6.07 Å². The van der Waals surface area contributed by atoms with Gasteiger partial charge < -0.3 is 0 Å². The summed E-state index contributed by atoms with van der Waals surface area (Å²) < 4.78 is 0. The molecule has 1 aliphatic carbocycles. The van der Waals surface area contributed by atoms with Crippen molar-refractivity contribution in [1.82, 2.24) is 0 Å². The molecule has 8 nitrogen and oxygen atoms in total. The molecule has 1 aliphatic rings. The van der Waals surface area contributed by atoms with Crippen molar-refractivity contribution in [3.63, 3.8) is 0 Å². The van der Waals surface area contributed by atoms with Gasteiger partial charge in [-0.15, -0.1) is 0 Å². The van der Waals surface area contributed by atoms with Gasteiger partial charge in [-0.1, -0.05) is 34.6 Å². The van der Waals surface area contributed by atoms with Gasteiger partial charge in [0.05, 0.1) is 21.3 Å². The first kappa shape index (κ1) is 24.6. The van der Waals surface area contributed by atoms with Crippen LogP contribution in [-0.4, -0.2) is 21.4 Å². The van der Waals surface area contributed by atoms with Crippen LogP contribution in [0.5, 0.6) is 0 Å². The Hall–Kier alpha value is -2.64. The van der Waals surface area contributed by atoms with Gasteiger partial charge in [-0.25, -0.2) is 0 Å². The van der Waals surface area contributed by atoms with E-state index in [9.17, 15) is 29.8 Å². The maximum absolute atomic E-state index is 13.2. The highest BCUT2D eigenvalue weighted by Gasteiger charge is 2.61. The third kappa shape index (κ3) is 3.88. The first-order valence-electron chi connectivity index (χ1n) is 10.7. The fourth-order valence-electron chi connectivity index (χ4n) is 5.57. The second-order valence-corrected chi connectivity index (χ2v) is 9.69. The molecule has 170 valence electrons. The summed E-state index contributed by atoms with van der Waals surface area (Å²) in [7, 11) is 0. The first-order valence-corrected chi connectivity index (χ1v) is 10.7. The molecule has 0 aliphatic heterocycles. The van der Waals surface area contributed by atoms with E-state index in [1.165, 1.54) is 19.9 Å². The van der Waals surface area contributed by atoms with Crippen LogP contribution in [0.4, 0.5) is 11.4 Å². The van der Waals surface area contributed by atoms with Gasteiger partial charge in [0.1, 0.15) is 11.6 Å². The van der Waals surface area contributed by atoms with Crippen LogP contribution in [0, 0.1) is 37.5 Å². The third-order valence-corrected chi connectivity index (χ3v) is 7.38. The van der Waals surface area contributed by atoms with E-state index in [2.05, 4.69) is 0 Å². The summed E-state index contributed by atoms with van der Waals surface area (Å²) in [6.07, 6.45) is 1.44. The number of rotatable bonds is 7. The molecule has 31 heavy (non-hydrogen) atoms. The predicted molar refractivity (Wildman–Crippen MR) is 117 cm³/mol. The summed E-state index contributed by atoms with van der Waals surface area (Å²) in [5, 5.41) is 23.5. The Kier molecular flexibility index (Phi) is 6.73. The van der Waals surface area contributed by atoms with Crippen molar-refractivity contribution >= 4 is 22.9 Å². The number of hydrogen-bond acceptors (Lipinski definition) is 6. The second-order valence-electron chi connectivity index (χ2n) is 9.69. The number of nitrogens with zero attached hydrogens (tertiary/aromatic N) is 2. The molecular formula is C23H32N2O6. The molecule has 0 heterocycles. The van der Waals surface area contributed by atoms with Crippen LogP contribution < -0.4 is 0 Å². The van der Waals surface area contributed by atoms with E-state index in [4.69, 9.17) is 0 Å². The number of carbonyl (C=O) groups is 2. The van der Waals surface area contributed by atoms with Crippen molar-refractivity contribution < 1.29 is 19.4 Å². The smallest absolute Gasteiger partial charge is 0.280 e. The molecule has 0 spiro atoms. The van der Waals surface area contributed by atoms with Crippen LogP contribution >= 0.6 is 0 Å². The lowest BCUT2D eigenvalue weighted by molar-refractivity contribution is -0.395. The minimum atomic E-state index is -1.43. The van der Waals surface area contributed by atoms with Crippen molar-refractivity contribution in [1.29, 1.82) is 0 Å². The van der Waals surface area contributed by atoms with Crippen molar-refractivity contribution in [3.05, 3.63) is 43.5 Å². The van der Waals surface area contributed by atoms with Crippen molar-refractivity contribution in [3.8, 4) is 0 Å². The molecule has 0 bridgehead atoms. The van der Waals surface area contributed by atoms with Crippen molar-refractivity contribution in [2.75, 3.05) is 0 Å². The largest absolute Gasteiger partial charge is 0.299 e. The lowest BCUT2D eigenvalue weighted by atomic mass is 9.47. The average Bonchev–Trinajstić information content (AvgIpc) is 2.66. The second kappa shape index (κ2) is 8.48. The van der Waals surface area contributed by atoms with Gasteiger partial charge in [0.25, 0.3) is 11.4 Å². The number of Topliss-reactive ketones (excluding diaryl/α,β-unsaturated/α-hetero) is 2. The lowest BCUT2D eigenvalue weighted by Gasteiger charge is -2.52. The Bertz CT molecular complexity index is 922. The topological polar surface area (TPSA) is 120 Å². The van der Waals surface area contributed by atoms with E-state index in [0.29, 0.717) is 24.8 Å². The zero-order valence-electron chi connectivity index (χ0n) is 19.4. The van der Waals surface area contributed by atoms with Gasteiger partial charge in [0, 0.05) is 17.0 Å². The maximum atomic E-state index is 13.2. The number of non-ortho nitro benzene ring substituents is 1. The van der Waals surface area contributed by atoms with E-state index in [-0.39, 0.29) is 40.6 Å². The van der Waals surface area contributed by atoms with Gasteiger partial charge in [-0.05, 0) is 56.4 Å². The van der Waals surface area contributed by atoms with Gasteiger partial charge in [0.15, 0.2) is 0 Å². The Morgan fingerprint density at radius 1 is 1.03 bits per heavy atom. The quantitative estimate of drug-likeness (QED) is 0.318. The Morgan fingerprint density at radius 3 is 1.97 bits per heavy atom. The summed E-state index contributed by atoms with van der Waals surface area (Å²) in [6, 6.07) is 2.32. The van der Waals surface area contributed by atoms with Crippen LogP contribution in [0.15, 0.2) is 12.1 Å². The lowest BCUT2D eigenvalue weighted by Crippen LogP contribution is -2.57. The molecule has 8 heteroatoms. The standard InChI is InChI=1S/C23H32N2O6/c1-13(2)17-8-9-22(7,23(12-17,15(5)26)16(6)27)21-19(14(3)4)10-18(24(28)29)11-20(21)25(30)31/h10-11,13-14,17H,8-9,12H2,1-7H3. The van der Waals surface area contributed by atoms with Crippen LogP contribution in [-0.2, 0) is 15.0 Å². The van der Waals surface area contributed by atoms with E-state index < -0.39 is 26.4 Å². The zero-order valence-corrected chi connectivity index (χ0v) is 19.4. The molecule has 1 aromatic carbocycles. The number of nitro groups is 2. The molecule has 0 radical (unpaired) electrons. The molecule has 0 amide bonds. The Morgan fingerprint density at radius 2 is 1.58 bits per heavy atom. The fraction of sp³-hybridized carbons (Fsp3) is 0.652. The Balaban J connectivity index is 3.00. The molecule has 2 rings (SSSR count). The summed E-state index contributed by atoms with van der Waals surface area (Å²) in [5.74, 6) is -0.519. The molecule has 0 aromatic heterocycles. The molecule has 1 fully saturated rings. The van der Waals surface area contributed by atoms with E-state index in [1.54, 1.807) is 20.8 Å². The van der Waals surface area contributed by atoms with Crippen molar-refractivity contribution in [2.24, 2.45) is 17.3 Å². The number of hydrogen-bond donors (Lipinski definition) is 0. The molecule has 2 atom stereocenters. The number of ketones is 2. The zero-order chi connectivity index (χ0) is 23.9. The average molecular weight is 433 g/mol. The monoisotopic (exact) mass is 432 g/mol. The predicted octanol–water partition coefficient (Wildman–Crippen LogP) is 5.50. The summed E-state index contributed by atoms with van der Waals surface area (Å²) in [4.78, 5) is 48.6. The van der Waals surface area contributed by atoms with Crippen LogP contribution in [0.1, 0.15) is 84.8 Å². The third-order valence-electron chi connectivity index (χ3n) is 7.38. The van der Waals surface area contributed by atoms with Gasteiger partial charge in [0.2, 0.25) is 0 Å². The molecule has 0 N–H and O–H groups in total. The summed E-state index contributed by atoms with van der Waals surface area (Å²) in [5.41, 5.74) is -2.60. The molecule has 2 unspecified atom stereocenters. The van der Waals surface area contributed by atoms with E-state index >= 15 is 0 Å². The minimum absolute atomic E-state index is 0.125. The number of carbonyl (C=O) groups excluding carboxylic acids is 2. The van der Waals surface area contributed by atoms with Crippen LogP contribution in [0.25, 0.3) is 0 Å². The fourth-order valence-corrected chi connectivity index (χ4v) is 5.57. The summed E-state index contributed by atoms with van der Waals surface area (Å²) >= 11 is 0. The minimum Gasteiger partial charge on any atom is -0.299 e. The van der Waals surface area contributed by atoms with Gasteiger partial charge in [-0.2, -0.15) is 0 Å². The molecule has 0 saturated heterocycles. The highest BCUT2D eigenvalue weighted by Crippen LogP contribution is 2.59. The maximum Gasteiger partial charge on any atom is 0.280 e. The normalized spacial score (nSPS) is 23.1. The SMILES string of the molecule is CC(=O)C1(C(C)=O)CC(C(C)C)CCC1(C)c1c(C(C)C)cc([N+](=O)[O-])cc1[N+](=O)[O-]. The number of nitro benzene ring substituents is 2. The van der Waals surface area contributed by atoms with E-state index in [1.807, 2.05) is 13.8 Å². The molecule has 1 aromatic rings. The first-order chi connectivity index (χ1) is 14.2.